The summed E-state index contributed by atoms with van der Waals surface area (Å²) in [4.78, 5) is 20.4. The first-order chi connectivity index (χ1) is 4.70. The number of carbonyl (C=O) groups is 2. The molecule has 56 valence electrons. The van der Waals surface area contributed by atoms with Crippen molar-refractivity contribution >= 4 is 12.1 Å². The van der Waals surface area contributed by atoms with Crippen molar-refractivity contribution in [3.8, 4) is 0 Å². The lowest BCUT2D eigenvalue weighted by Crippen LogP contribution is -1.94. The summed E-state index contributed by atoms with van der Waals surface area (Å²) >= 11 is 0. The summed E-state index contributed by atoms with van der Waals surface area (Å²) in [6.45, 7) is 1.85. The molecule has 0 bridgehead atoms. The van der Waals surface area contributed by atoms with Crippen LogP contribution in [-0.2, 0) is 9.59 Å². The predicted molar refractivity (Wildman–Crippen MR) is 36.7 cm³/mol. The lowest BCUT2D eigenvalue weighted by atomic mass is 10.2. The molecule has 0 aliphatic carbocycles. The summed E-state index contributed by atoms with van der Waals surface area (Å²) in [5, 5.41) is 8.53. The van der Waals surface area contributed by atoms with Gasteiger partial charge in [0.2, 0.25) is 0 Å². The van der Waals surface area contributed by atoms with Gasteiger partial charge in [0.15, 0.2) is 17.8 Å². The molecule has 0 aromatic carbocycles. The van der Waals surface area contributed by atoms with Crippen molar-refractivity contribution in [2.24, 2.45) is 0 Å². The average Bonchev–Trinajstić information content (AvgIpc) is 1.88. The molecule has 0 aromatic rings. The van der Waals surface area contributed by atoms with Crippen LogP contribution in [0.3, 0.4) is 0 Å². The van der Waals surface area contributed by atoms with E-state index in [0.29, 0.717) is 6.42 Å². The van der Waals surface area contributed by atoms with Gasteiger partial charge in [0.05, 0.1) is 0 Å². The molecule has 0 radical (unpaired) electrons. The number of allylic oxidation sites excluding steroid dienone is 2. The van der Waals surface area contributed by atoms with Crippen LogP contribution in [0.4, 0.5) is 0 Å². The fourth-order valence-corrected chi connectivity index (χ4v) is 0.518. The third-order valence-electron chi connectivity index (χ3n) is 0.926. The minimum Gasteiger partial charge on any atom is -0.504 e. The van der Waals surface area contributed by atoms with Gasteiger partial charge in [0, 0.05) is 12.5 Å². The van der Waals surface area contributed by atoms with Crippen molar-refractivity contribution in [3.05, 3.63) is 11.8 Å². The van der Waals surface area contributed by atoms with Crippen LogP contribution < -0.4 is 0 Å². The Morgan fingerprint density at radius 3 is 2.60 bits per heavy atom. The number of carbonyl (C=O) groups excluding carboxylic acids is 2. The SMILES string of the molecule is CCCC(=O)/C=C(/O)C=O. The van der Waals surface area contributed by atoms with Crippen LogP contribution in [0.15, 0.2) is 11.8 Å². The zero-order valence-electron chi connectivity index (χ0n) is 5.83. The first kappa shape index (κ1) is 8.88. The number of aldehydes is 1. The monoisotopic (exact) mass is 142 g/mol. The molecule has 3 nitrogen and oxygen atoms in total. The molecule has 0 heterocycles. The first-order valence-corrected chi connectivity index (χ1v) is 3.09. The van der Waals surface area contributed by atoms with Crippen LogP contribution in [-0.4, -0.2) is 17.2 Å². The smallest absolute Gasteiger partial charge is 0.184 e. The molecule has 10 heavy (non-hydrogen) atoms. The molecule has 0 spiro atoms. The van der Waals surface area contributed by atoms with Gasteiger partial charge in [-0.25, -0.2) is 0 Å². The maximum Gasteiger partial charge on any atom is 0.184 e. The van der Waals surface area contributed by atoms with Gasteiger partial charge in [-0.1, -0.05) is 6.92 Å². The Bertz CT molecular complexity index is 158. The Balaban J connectivity index is 3.86. The van der Waals surface area contributed by atoms with E-state index in [-0.39, 0.29) is 12.1 Å². The lowest BCUT2D eigenvalue weighted by molar-refractivity contribution is -0.115. The van der Waals surface area contributed by atoms with E-state index >= 15 is 0 Å². The van der Waals surface area contributed by atoms with Gasteiger partial charge in [-0.15, -0.1) is 0 Å². The topological polar surface area (TPSA) is 54.4 Å². The van der Waals surface area contributed by atoms with E-state index in [4.69, 9.17) is 5.11 Å². The number of hydrogen-bond donors (Lipinski definition) is 1. The van der Waals surface area contributed by atoms with Crippen LogP contribution in [0.1, 0.15) is 19.8 Å². The van der Waals surface area contributed by atoms with Crippen molar-refractivity contribution in [1.29, 1.82) is 0 Å². The molecule has 0 saturated heterocycles. The molecule has 0 atom stereocenters. The second kappa shape index (κ2) is 4.73. The van der Waals surface area contributed by atoms with Crippen molar-refractivity contribution < 1.29 is 14.7 Å². The number of rotatable bonds is 4. The van der Waals surface area contributed by atoms with Crippen LogP contribution >= 0.6 is 0 Å². The molecule has 0 unspecified atom stereocenters. The number of aliphatic hydroxyl groups is 1. The van der Waals surface area contributed by atoms with Gasteiger partial charge >= 0.3 is 0 Å². The van der Waals surface area contributed by atoms with Gasteiger partial charge in [-0.05, 0) is 6.42 Å². The van der Waals surface area contributed by atoms with Gasteiger partial charge in [-0.3, -0.25) is 9.59 Å². The van der Waals surface area contributed by atoms with Crippen molar-refractivity contribution in [3.63, 3.8) is 0 Å². The fourth-order valence-electron chi connectivity index (χ4n) is 0.518. The standard InChI is InChI=1S/C7H10O3/c1-2-3-6(9)4-7(10)5-8/h4-5,10H,2-3H2,1H3/b7-4+. The van der Waals surface area contributed by atoms with Gasteiger partial charge in [0.25, 0.3) is 0 Å². The van der Waals surface area contributed by atoms with E-state index in [1.165, 1.54) is 0 Å². The Kier molecular flexibility index (Phi) is 4.20. The highest BCUT2D eigenvalue weighted by atomic mass is 16.3. The zero-order valence-corrected chi connectivity index (χ0v) is 5.83. The molecular weight excluding hydrogens is 132 g/mol. The van der Waals surface area contributed by atoms with E-state index in [0.717, 1.165) is 12.5 Å². The quantitative estimate of drug-likeness (QED) is 0.362. The molecule has 0 saturated carbocycles. The van der Waals surface area contributed by atoms with E-state index in [9.17, 15) is 9.59 Å². The Labute approximate surface area is 59.4 Å². The van der Waals surface area contributed by atoms with Gasteiger partial charge in [-0.2, -0.15) is 0 Å². The van der Waals surface area contributed by atoms with Gasteiger partial charge < -0.3 is 5.11 Å². The van der Waals surface area contributed by atoms with E-state index in [1.54, 1.807) is 0 Å². The molecule has 0 aliphatic heterocycles. The Morgan fingerprint density at radius 2 is 2.20 bits per heavy atom. The van der Waals surface area contributed by atoms with Crippen LogP contribution in [0, 0.1) is 0 Å². The minimum absolute atomic E-state index is 0.216. The van der Waals surface area contributed by atoms with E-state index in [2.05, 4.69) is 0 Å². The van der Waals surface area contributed by atoms with Crippen LogP contribution in [0.2, 0.25) is 0 Å². The summed E-state index contributed by atoms with van der Waals surface area (Å²) in [7, 11) is 0. The van der Waals surface area contributed by atoms with E-state index in [1.807, 2.05) is 6.92 Å². The molecule has 0 aliphatic rings. The largest absolute Gasteiger partial charge is 0.504 e. The number of ketones is 1. The third-order valence-corrected chi connectivity index (χ3v) is 0.926. The lowest BCUT2D eigenvalue weighted by Gasteiger charge is -1.88. The maximum absolute atomic E-state index is 10.6. The Hall–Kier alpha value is -1.12. The highest BCUT2D eigenvalue weighted by Crippen LogP contribution is 1.92. The number of aliphatic hydroxyl groups excluding tert-OH is 1. The number of hydrogen-bond acceptors (Lipinski definition) is 3. The first-order valence-electron chi connectivity index (χ1n) is 3.09. The maximum atomic E-state index is 10.6. The summed E-state index contributed by atoms with van der Waals surface area (Å²) < 4.78 is 0. The molecule has 0 aromatic heterocycles. The highest BCUT2D eigenvalue weighted by Gasteiger charge is 1.96. The minimum atomic E-state index is -0.501. The van der Waals surface area contributed by atoms with Crippen molar-refractivity contribution in [1.82, 2.24) is 0 Å². The highest BCUT2D eigenvalue weighted by molar-refractivity contribution is 5.93. The van der Waals surface area contributed by atoms with Gasteiger partial charge in [0.1, 0.15) is 0 Å². The summed E-state index contributed by atoms with van der Waals surface area (Å²) in [5.41, 5.74) is 0. The fraction of sp³-hybridized carbons (Fsp3) is 0.429. The molecule has 3 heteroatoms. The second-order valence-corrected chi connectivity index (χ2v) is 1.90. The third kappa shape index (κ3) is 3.83. The summed E-state index contributed by atoms with van der Waals surface area (Å²) in [6.07, 6.45) is 2.28. The second-order valence-electron chi connectivity index (χ2n) is 1.90. The molecular formula is C7H10O3. The van der Waals surface area contributed by atoms with E-state index < -0.39 is 5.76 Å². The van der Waals surface area contributed by atoms with Crippen LogP contribution in [0.25, 0.3) is 0 Å². The predicted octanol–water partition coefficient (Wildman–Crippen LogP) is 0.996. The van der Waals surface area contributed by atoms with Crippen LogP contribution in [0.5, 0.6) is 0 Å². The average molecular weight is 142 g/mol. The molecule has 0 amide bonds. The van der Waals surface area contributed by atoms with Crippen molar-refractivity contribution in [2.75, 3.05) is 0 Å². The summed E-state index contributed by atoms with van der Waals surface area (Å²) in [6, 6.07) is 0. The Morgan fingerprint density at radius 1 is 1.60 bits per heavy atom. The molecule has 0 fully saturated rings. The normalized spacial score (nSPS) is 11.1. The summed E-state index contributed by atoms with van der Waals surface area (Å²) in [5.74, 6) is -0.717. The molecule has 1 N–H and O–H groups in total. The van der Waals surface area contributed by atoms with Crippen molar-refractivity contribution in [2.45, 2.75) is 19.8 Å². The zero-order chi connectivity index (χ0) is 7.98. The molecule has 0 rings (SSSR count).